The van der Waals surface area contributed by atoms with E-state index in [0.717, 1.165) is 22.6 Å². The van der Waals surface area contributed by atoms with Crippen LogP contribution in [0.2, 0.25) is 0 Å². The number of aromatic nitrogens is 2. The Morgan fingerprint density at radius 2 is 1.82 bits per heavy atom. The number of aryl methyl sites for hydroxylation is 1. The molecule has 0 fully saturated rings. The molecule has 8 nitrogen and oxygen atoms in total. The van der Waals surface area contributed by atoms with Gasteiger partial charge in [0.25, 0.3) is 15.9 Å². The Labute approximate surface area is 165 Å². The van der Waals surface area contributed by atoms with E-state index in [1.54, 1.807) is 25.3 Å². The Morgan fingerprint density at radius 3 is 2.54 bits per heavy atom. The summed E-state index contributed by atoms with van der Waals surface area (Å²) >= 11 is 1.16. The molecule has 0 unspecified atom stereocenters. The lowest BCUT2D eigenvalue weighted by molar-refractivity contribution is -0.110. The molecule has 4 rings (SSSR count). The Kier molecular flexibility index (Phi) is 4.57. The van der Waals surface area contributed by atoms with Gasteiger partial charge in [0.15, 0.2) is 0 Å². The third kappa shape index (κ3) is 3.59. The predicted molar refractivity (Wildman–Crippen MR) is 109 cm³/mol. The molecule has 0 radical (unpaired) electrons. The summed E-state index contributed by atoms with van der Waals surface area (Å²) in [7, 11) is -3.75. The monoisotopic (exact) mass is 413 g/mol. The molecule has 10 heteroatoms. The maximum atomic E-state index is 12.4. The SMILES string of the molecule is Cc1nnc(NS(=O)(=O)c2ccc(N/C=C3\C(=O)Nc4ccccc43)cc2)s1. The Morgan fingerprint density at radius 1 is 1.07 bits per heavy atom. The van der Waals surface area contributed by atoms with E-state index in [1.165, 1.54) is 12.1 Å². The smallest absolute Gasteiger partial charge is 0.263 e. The molecule has 0 saturated heterocycles. The van der Waals surface area contributed by atoms with E-state index in [-0.39, 0.29) is 15.9 Å². The normalized spacial score (nSPS) is 14.6. The molecule has 0 atom stereocenters. The van der Waals surface area contributed by atoms with Crippen LogP contribution in [0.1, 0.15) is 10.6 Å². The summed E-state index contributed by atoms with van der Waals surface area (Å²) in [5.41, 5.74) is 2.74. The van der Waals surface area contributed by atoms with Crippen molar-refractivity contribution in [3.63, 3.8) is 0 Å². The average molecular weight is 413 g/mol. The molecule has 3 N–H and O–H groups in total. The zero-order valence-electron chi connectivity index (χ0n) is 14.6. The van der Waals surface area contributed by atoms with Crippen LogP contribution in [0.25, 0.3) is 5.57 Å². The summed E-state index contributed by atoms with van der Waals surface area (Å²) in [6.07, 6.45) is 1.60. The number of benzene rings is 2. The molecule has 142 valence electrons. The fourth-order valence-corrected chi connectivity index (χ4v) is 4.50. The molecule has 1 aliphatic heterocycles. The number of hydrogen-bond acceptors (Lipinski definition) is 7. The molecule has 2 heterocycles. The molecular formula is C18H15N5O3S2. The van der Waals surface area contributed by atoms with Crippen molar-refractivity contribution in [1.29, 1.82) is 0 Å². The molecule has 1 amide bonds. The van der Waals surface area contributed by atoms with Crippen LogP contribution in [0.5, 0.6) is 0 Å². The molecule has 0 saturated carbocycles. The highest BCUT2D eigenvalue weighted by molar-refractivity contribution is 7.93. The summed E-state index contributed by atoms with van der Waals surface area (Å²) in [5.74, 6) is -0.190. The Balaban J connectivity index is 1.50. The second-order valence-corrected chi connectivity index (χ2v) is 8.82. The number of nitrogens with one attached hydrogen (secondary N) is 3. The predicted octanol–water partition coefficient (Wildman–Crippen LogP) is 3.05. The van der Waals surface area contributed by atoms with Crippen molar-refractivity contribution in [2.24, 2.45) is 0 Å². The topological polar surface area (TPSA) is 113 Å². The van der Waals surface area contributed by atoms with Gasteiger partial charge in [-0.3, -0.25) is 9.52 Å². The number of carbonyl (C=O) groups is 1. The van der Waals surface area contributed by atoms with E-state index < -0.39 is 10.0 Å². The second kappa shape index (κ2) is 7.06. The first-order valence-corrected chi connectivity index (χ1v) is 10.5. The first kappa shape index (κ1) is 18.1. The van der Waals surface area contributed by atoms with Gasteiger partial charge in [0.1, 0.15) is 5.01 Å². The van der Waals surface area contributed by atoms with Crippen LogP contribution < -0.4 is 15.4 Å². The quantitative estimate of drug-likeness (QED) is 0.554. The van der Waals surface area contributed by atoms with Gasteiger partial charge in [-0.2, -0.15) is 0 Å². The summed E-state index contributed by atoms with van der Waals surface area (Å²) in [5, 5.41) is 14.3. The number of nitrogens with zero attached hydrogens (tertiary/aromatic N) is 2. The first-order valence-electron chi connectivity index (χ1n) is 8.23. The van der Waals surface area contributed by atoms with Gasteiger partial charge < -0.3 is 10.6 Å². The van der Waals surface area contributed by atoms with E-state index in [9.17, 15) is 13.2 Å². The van der Waals surface area contributed by atoms with Gasteiger partial charge in [-0.15, -0.1) is 10.2 Å². The average Bonchev–Trinajstić information content (AvgIpc) is 3.21. The Bertz CT molecular complexity index is 1180. The number of fused-ring (bicyclic) bond motifs is 1. The molecule has 0 aliphatic carbocycles. The maximum Gasteiger partial charge on any atom is 0.263 e. The lowest BCUT2D eigenvalue weighted by atomic mass is 10.1. The molecular weight excluding hydrogens is 398 g/mol. The van der Waals surface area contributed by atoms with Gasteiger partial charge in [-0.05, 0) is 37.3 Å². The van der Waals surface area contributed by atoms with Gasteiger partial charge in [-0.25, -0.2) is 8.42 Å². The first-order chi connectivity index (χ1) is 13.4. The molecule has 2 aromatic carbocycles. The summed E-state index contributed by atoms with van der Waals surface area (Å²) in [6.45, 7) is 1.74. The largest absolute Gasteiger partial charge is 0.361 e. The van der Waals surface area contributed by atoms with Gasteiger partial charge in [0.05, 0.1) is 10.5 Å². The number of para-hydroxylation sites is 1. The van der Waals surface area contributed by atoms with Crippen LogP contribution in [-0.4, -0.2) is 24.5 Å². The van der Waals surface area contributed by atoms with E-state index in [4.69, 9.17) is 0 Å². The lowest BCUT2D eigenvalue weighted by Crippen LogP contribution is -2.12. The highest BCUT2D eigenvalue weighted by Crippen LogP contribution is 2.31. The highest BCUT2D eigenvalue weighted by Gasteiger charge is 2.23. The van der Waals surface area contributed by atoms with E-state index in [2.05, 4.69) is 25.6 Å². The van der Waals surface area contributed by atoms with E-state index in [0.29, 0.717) is 16.3 Å². The number of rotatable bonds is 5. The number of hydrogen-bond donors (Lipinski definition) is 3. The minimum Gasteiger partial charge on any atom is -0.361 e. The zero-order valence-corrected chi connectivity index (χ0v) is 16.3. The standard InChI is InChI=1S/C18H15N5O3S2/c1-11-21-22-18(27-11)23-28(25,26)13-8-6-12(7-9-13)19-10-15-14-4-2-3-5-16(14)20-17(15)24/h2-10,19H,1H3,(H,20,24)(H,22,23)/b15-10-. The van der Waals surface area contributed by atoms with Crippen LogP contribution in [-0.2, 0) is 14.8 Å². The van der Waals surface area contributed by atoms with Crippen LogP contribution in [0.15, 0.2) is 59.6 Å². The molecule has 0 spiro atoms. The van der Waals surface area contributed by atoms with Crippen LogP contribution in [0.3, 0.4) is 0 Å². The third-order valence-corrected chi connectivity index (χ3v) is 6.24. The van der Waals surface area contributed by atoms with Gasteiger partial charge in [0.2, 0.25) is 5.13 Å². The van der Waals surface area contributed by atoms with Crippen molar-refractivity contribution in [1.82, 2.24) is 10.2 Å². The Hall–Kier alpha value is -3.24. The van der Waals surface area contributed by atoms with Crippen LogP contribution in [0, 0.1) is 6.92 Å². The van der Waals surface area contributed by atoms with Crippen molar-refractivity contribution >= 4 is 49.3 Å². The van der Waals surface area contributed by atoms with E-state index >= 15 is 0 Å². The fraction of sp³-hybridized carbons (Fsp3) is 0.0556. The van der Waals surface area contributed by atoms with Crippen molar-refractivity contribution < 1.29 is 13.2 Å². The fourth-order valence-electron chi connectivity index (χ4n) is 2.68. The van der Waals surface area contributed by atoms with Crippen molar-refractivity contribution in [2.45, 2.75) is 11.8 Å². The van der Waals surface area contributed by atoms with Crippen LogP contribution in [0.4, 0.5) is 16.5 Å². The van der Waals surface area contributed by atoms with Crippen molar-refractivity contribution in [2.75, 3.05) is 15.4 Å². The molecule has 0 bridgehead atoms. The number of carbonyl (C=O) groups excluding carboxylic acids is 1. The van der Waals surface area contributed by atoms with E-state index in [1.807, 2.05) is 24.3 Å². The minimum atomic E-state index is -3.75. The highest BCUT2D eigenvalue weighted by atomic mass is 32.2. The number of amides is 1. The van der Waals surface area contributed by atoms with Gasteiger partial charge >= 0.3 is 0 Å². The summed E-state index contributed by atoms with van der Waals surface area (Å²) < 4.78 is 27.2. The van der Waals surface area contributed by atoms with Crippen LogP contribution >= 0.6 is 11.3 Å². The van der Waals surface area contributed by atoms with Crippen molar-refractivity contribution in [3.8, 4) is 0 Å². The molecule has 1 aliphatic rings. The minimum absolute atomic E-state index is 0.0995. The number of anilines is 3. The molecule has 3 aromatic rings. The third-order valence-electron chi connectivity index (χ3n) is 4.01. The summed E-state index contributed by atoms with van der Waals surface area (Å²) in [4.78, 5) is 12.2. The second-order valence-electron chi connectivity index (χ2n) is 5.96. The van der Waals surface area contributed by atoms with Gasteiger partial charge in [0, 0.05) is 23.1 Å². The zero-order chi connectivity index (χ0) is 19.7. The summed E-state index contributed by atoms with van der Waals surface area (Å²) in [6, 6.07) is 13.6. The molecule has 1 aromatic heterocycles. The van der Waals surface area contributed by atoms with Crippen molar-refractivity contribution in [3.05, 3.63) is 65.3 Å². The maximum absolute atomic E-state index is 12.4. The van der Waals surface area contributed by atoms with Gasteiger partial charge in [-0.1, -0.05) is 29.5 Å². The lowest BCUT2D eigenvalue weighted by Gasteiger charge is -2.07. The number of sulfonamides is 1. The molecule has 28 heavy (non-hydrogen) atoms.